The predicted molar refractivity (Wildman–Crippen MR) is 261 cm³/mol. The van der Waals surface area contributed by atoms with Crippen LogP contribution in [0.5, 0.6) is 0 Å². The smallest absolute Gasteiger partial charge is 0.0535 e. The Morgan fingerprint density at radius 3 is 1.46 bits per heavy atom. The van der Waals surface area contributed by atoms with Crippen LogP contribution >= 0.6 is 0 Å². The molecule has 0 atom stereocenters. The molecule has 0 saturated heterocycles. The van der Waals surface area contributed by atoms with Crippen molar-refractivity contribution in [1.29, 1.82) is 0 Å². The van der Waals surface area contributed by atoms with Crippen LogP contribution < -0.4 is 0 Å². The fraction of sp³-hybridized carbons (Fsp3) is 0. The van der Waals surface area contributed by atoms with Crippen LogP contribution in [0.25, 0.3) is 126 Å². The monoisotopic (exact) mass is 771 g/mol. The Labute approximate surface area is 353 Å². The first-order valence-corrected chi connectivity index (χ1v) is 21.2. The van der Waals surface area contributed by atoms with E-state index >= 15 is 0 Å². The third-order valence-corrected chi connectivity index (χ3v) is 13.1. The molecule has 1 nitrogen and oxygen atoms in total. The highest BCUT2D eigenvalue weighted by molar-refractivity contribution is 6.35. The van der Waals surface area contributed by atoms with Gasteiger partial charge in [0, 0.05) is 5.69 Å². The van der Waals surface area contributed by atoms with E-state index in [1.807, 2.05) is 0 Å². The summed E-state index contributed by atoms with van der Waals surface area (Å²) < 4.78 is 2.45. The molecule has 0 aliphatic heterocycles. The molecule has 0 N–H and O–H groups in total. The van der Waals surface area contributed by atoms with E-state index in [2.05, 4.69) is 229 Å². The molecule has 0 spiro atoms. The average Bonchev–Trinajstić information content (AvgIpc) is 3.78. The molecule has 0 saturated carbocycles. The molecule has 282 valence electrons. The van der Waals surface area contributed by atoms with Gasteiger partial charge in [0.2, 0.25) is 0 Å². The van der Waals surface area contributed by atoms with Gasteiger partial charge in [-0.25, -0.2) is 0 Å². The topological polar surface area (TPSA) is 4.93 Å². The van der Waals surface area contributed by atoms with Crippen molar-refractivity contribution >= 4 is 75.4 Å². The molecule has 0 fully saturated rings. The molecule has 13 rings (SSSR count). The highest BCUT2D eigenvalue weighted by atomic mass is 15.0. The van der Waals surface area contributed by atoms with E-state index < -0.39 is 0 Å². The Bertz CT molecular complexity index is 3750. The summed E-state index contributed by atoms with van der Waals surface area (Å²) in [6, 6.07) is 83.2. The number of fused-ring (bicyclic) bond motifs is 5. The quantitative estimate of drug-likeness (QED) is 0.121. The molecular weight excluding hydrogens is 735 g/mol. The maximum absolute atomic E-state index is 2.46. The number of nitrogens with zero attached hydrogens (tertiary/aromatic N) is 1. The zero-order chi connectivity index (χ0) is 40.0. The Morgan fingerprint density at radius 1 is 0.246 bits per heavy atom. The number of hydrogen-bond acceptors (Lipinski definition) is 0. The summed E-state index contributed by atoms with van der Waals surface area (Å²) in [6.45, 7) is 0. The zero-order valence-corrected chi connectivity index (χ0v) is 33.3. The van der Waals surface area contributed by atoms with Crippen LogP contribution in [0.2, 0.25) is 0 Å². The predicted octanol–water partition coefficient (Wildman–Crippen LogP) is 16.7. The third kappa shape index (κ3) is 5.08. The lowest BCUT2D eigenvalue weighted by Gasteiger charge is -2.22. The Hall–Kier alpha value is -8.00. The van der Waals surface area contributed by atoms with Gasteiger partial charge in [0.25, 0.3) is 0 Å². The molecule has 1 heteroatoms. The molecule has 12 aromatic carbocycles. The largest absolute Gasteiger partial charge is 0.309 e. The summed E-state index contributed by atoms with van der Waals surface area (Å²) in [6.07, 6.45) is 0. The van der Waals surface area contributed by atoms with Gasteiger partial charge in [0.15, 0.2) is 0 Å². The number of benzene rings is 12. The Balaban J connectivity index is 1.18. The number of aromatic nitrogens is 1. The van der Waals surface area contributed by atoms with E-state index in [1.165, 1.54) is 109 Å². The molecule has 13 aromatic rings. The SMILES string of the molecule is c1ccc(-c2ccc(-c3ccccc3)n2-c2ccc3c(-c4ccc5ccccc5c4)c4ccccc4c(-c4ccc5c6cccc7cccc(c8cccc4c85)c76)c3c2)cc1. The zero-order valence-electron chi connectivity index (χ0n) is 33.3. The van der Waals surface area contributed by atoms with Gasteiger partial charge in [-0.05, 0) is 139 Å². The van der Waals surface area contributed by atoms with E-state index in [9.17, 15) is 0 Å². The van der Waals surface area contributed by atoms with Gasteiger partial charge in [0.1, 0.15) is 0 Å². The molecule has 0 unspecified atom stereocenters. The summed E-state index contributed by atoms with van der Waals surface area (Å²) in [7, 11) is 0. The van der Waals surface area contributed by atoms with Gasteiger partial charge in [-0.2, -0.15) is 0 Å². The number of hydrogen-bond donors (Lipinski definition) is 0. The molecular formula is C60H37N. The molecule has 1 heterocycles. The number of rotatable bonds is 5. The Morgan fingerprint density at radius 2 is 0.754 bits per heavy atom. The Kier molecular flexibility index (Phi) is 7.37. The van der Waals surface area contributed by atoms with Crippen LogP contribution in [-0.2, 0) is 0 Å². The standard InChI is InChI=1S/C60H37N/c1-3-15-39(16-4-1)55-34-35-56(40-17-5-2-6-18-40)61(55)44-30-31-53-54(37-44)60(48-23-10-9-22-45(48)58(53)43-29-28-38-14-7-8-19-42(38)36-43)52-33-32-51-47-25-12-21-41-20-11-24-46(57(41)47)49-26-13-27-50(52)59(49)51/h1-37H. The summed E-state index contributed by atoms with van der Waals surface area (Å²) in [4.78, 5) is 0. The third-order valence-electron chi connectivity index (χ3n) is 13.1. The second kappa shape index (κ2) is 13.3. The lowest BCUT2D eigenvalue weighted by atomic mass is 9.82. The normalized spacial score (nSPS) is 11.9. The van der Waals surface area contributed by atoms with E-state index in [0.29, 0.717) is 0 Å². The van der Waals surface area contributed by atoms with Gasteiger partial charge < -0.3 is 4.57 Å². The van der Waals surface area contributed by atoms with Crippen molar-refractivity contribution in [2.45, 2.75) is 0 Å². The van der Waals surface area contributed by atoms with Crippen LogP contribution in [-0.4, -0.2) is 4.57 Å². The second-order valence-electron chi connectivity index (χ2n) is 16.4. The van der Waals surface area contributed by atoms with Crippen LogP contribution in [0, 0.1) is 0 Å². The minimum Gasteiger partial charge on any atom is -0.309 e. The molecule has 61 heavy (non-hydrogen) atoms. The van der Waals surface area contributed by atoms with Crippen molar-refractivity contribution in [1.82, 2.24) is 4.57 Å². The molecule has 0 radical (unpaired) electrons. The van der Waals surface area contributed by atoms with Gasteiger partial charge in [-0.3, -0.25) is 0 Å². The first kappa shape index (κ1) is 33.9. The van der Waals surface area contributed by atoms with Gasteiger partial charge in [-0.1, -0.05) is 194 Å². The highest BCUT2D eigenvalue weighted by Gasteiger charge is 2.22. The van der Waals surface area contributed by atoms with Crippen molar-refractivity contribution in [2.75, 3.05) is 0 Å². The maximum atomic E-state index is 2.46. The fourth-order valence-corrected chi connectivity index (χ4v) is 10.5. The first-order valence-electron chi connectivity index (χ1n) is 21.2. The molecule has 1 aromatic heterocycles. The summed E-state index contributed by atoms with van der Waals surface area (Å²) >= 11 is 0. The minimum atomic E-state index is 1.12. The van der Waals surface area contributed by atoms with Gasteiger partial charge in [0.05, 0.1) is 11.4 Å². The van der Waals surface area contributed by atoms with E-state index in [1.54, 1.807) is 0 Å². The van der Waals surface area contributed by atoms with Crippen molar-refractivity contribution in [3.8, 4) is 50.5 Å². The van der Waals surface area contributed by atoms with Crippen molar-refractivity contribution in [3.05, 3.63) is 224 Å². The molecule has 0 aliphatic rings. The second-order valence-corrected chi connectivity index (χ2v) is 16.4. The fourth-order valence-electron chi connectivity index (χ4n) is 10.5. The van der Waals surface area contributed by atoms with Gasteiger partial charge in [-0.15, -0.1) is 0 Å². The average molecular weight is 772 g/mol. The van der Waals surface area contributed by atoms with Crippen LogP contribution in [0.1, 0.15) is 0 Å². The van der Waals surface area contributed by atoms with E-state index in [0.717, 1.165) is 17.1 Å². The van der Waals surface area contributed by atoms with E-state index in [-0.39, 0.29) is 0 Å². The summed E-state index contributed by atoms with van der Waals surface area (Å²) in [5.41, 5.74) is 10.8. The van der Waals surface area contributed by atoms with Crippen LogP contribution in [0.15, 0.2) is 224 Å². The minimum absolute atomic E-state index is 1.12. The van der Waals surface area contributed by atoms with Gasteiger partial charge >= 0.3 is 0 Å². The summed E-state index contributed by atoms with van der Waals surface area (Å²) in [5, 5.41) is 17.9. The lowest BCUT2D eigenvalue weighted by Crippen LogP contribution is -2.00. The van der Waals surface area contributed by atoms with Crippen molar-refractivity contribution in [2.24, 2.45) is 0 Å². The summed E-state index contributed by atoms with van der Waals surface area (Å²) in [5.74, 6) is 0. The van der Waals surface area contributed by atoms with Crippen LogP contribution in [0.4, 0.5) is 0 Å². The molecule has 0 bridgehead atoms. The molecule has 0 amide bonds. The van der Waals surface area contributed by atoms with Crippen LogP contribution in [0.3, 0.4) is 0 Å². The highest BCUT2D eigenvalue weighted by Crippen LogP contribution is 2.49. The first-order chi connectivity index (χ1) is 30.3. The van der Waals surface area contributed by atoms with Crippen molar-refractivity contribution in [3.63, 3.8) is 0 Å². The van der Waals surface area contributed by atoms with E-state index in [4.69, 9.17) is 0 Å². The molecule has 0 aliphatic carbocycles. The maximum Gasteiger partial charge on any atom is 0.0535 e. The lowest BCUT2D eigenvalue weighted by molar-refractivity contribution is 1.10. The van der Waals surface area contributed by atoms with Crippen molar-refractivity contribution < 1.29 is 0 Å².